The Balaban J connectivity index is 1.69. The maximum atomic E-state index is 14.2. The van der Waals surface area contributed by atoms with E-state index in [1.807, 2.05) is 0 Å². The molecular weight excluding hydrogens is 310 g/mol. The number of fused-ring (bicyclic) bond motifs is 3. The zero-order chi connectivity index (χ0) is 15.4. The number of ether oxygens (including phenoxy) is 1. The van der Waals surface area contributed by atoms with Crippen LogP contribution >= 0.6 is 11.8 Å². The van der Waals surface area contributed by atoms with Gasteiger partial charge < -0.3 is 19.5 Å². The highest BCUT2D eigenvalue weighted by Crippen LogP contribution is 2.60. The number of carboxylic acid groups (broad SMARTS) is 1. The maximum absolute atomic E-state index is 14.2. The highest BCUT2D eigenvalue weighted by molar-refractivity contribution is 7.99. The Labute approximate surface area is 130 Å². The Morgan fingerprint density at radius 3 is 2.86 bits per heavy atom. The zero-order valence-electron chi connectivity index (χ0n) is 11.6. The summed E-state index contributed by atoms with van der Waals surface area (Å²) < 4.78 is 24.6. The second-order valence-corrected chi connectivity index (χ2v) is 7.07. The number of benzene rings is 1. The quantitative estimate of drug-likeness (QED) is 0.653. The number of thioether (sulfide) groups is 1. The Morgan fingerprint density at radius 2 is 2.23 bits per heavy atom. The molecule has 5 nitrogen and oxygen atoms in total. The third-order valence-electron chi connectivity index (χ3n) is 4.48. The van der Waals surface area contributed by atoms with Gasteiger partial charge in [0.2, 0.25) is 0 Å². The van der Waals surface area contributed by atoms with Crippen molar-refractivity contribution < 1.29 is 28.7 Å². The molecular formula is C14H14BFO5S. The van der Waals surface area contributed by atoms with Gasteiger partial charge in [-0.15, -0.1) is 0 Å². The number of carbonyl (C=O) groups is 1. The Morgan fingerprint density at radius 1 is 1.45 bits per heavy atom. The topological polar surface area (TPSA) is 76.0 Å². The standard InChI is InChI=1S/C14H14BFO5S/c16-13(6-4-20-5-6)22-10-2-1-7-8-3-9(8)15(19)21-12(7)11(10)14(17)18/h1-2,6,8-9,13,19H,3-5H2,(H,17,18). The van der Waals surface area contributed by atoms with Crippen molar-refractivity contribution in [1.29, 1.82) is 0 Å². The molecule has 0 bridgehead atoms. The van der Waals surface area contributed by atoms with Crippen LogP contribution < -0.4 is 4.65 Å². The minimum Gasteiger partial charge on any atom is -0.535 e. The summed E-state index contributed by atoms with van der Waals surface area (Å²) in [6.07, 6.45) is 0.796. The number of aromatic carboxylic acids is 1. The lowest BCUT2D eigenvalue weighted by molar-refractivity contribution is -0.0491. The predicted molar refractivity (Wildman–Crippen MR) is 78.2 cm³/mol. The van der Waals surface area contributed by atoms with Crippen LogP contribution in [0.4, 0.5) is 4.39 Å². The fraction of sp³-hybridized carbons (Fsp3) is 0.500. The third kappa shape index (κ3) is 2.21. The van der Waals surface area contributed by atoms with E-state index in [1.54, 1.807) is 12.1 Å². The molecule has 22 heavy (non-hydrogen) atoms. The van der Waals surface area contributed by atoms with Crippen LogP contribution in [0.15, 0.2) is 17.0 Å². The maximum Gasteiger partial charge on any atom is 0.526 e. The summed E-state index contributed by atoms with van der Waals surface area (Å²) in [5.41, 5.74) is -0.457. The van der Waals surface area contributed by atoms with Gasteiger partial charge in [-0.3, -0.25) is 0 Å². The van der Waals surface area contributed by atoms with Crippen molar-refractivity contribution >= 4 is 24.8 Å². The molecule has 1 aliphatic carbocycles. The van der Waals surface area contributed by atoms with Crippen LogP contribution in [0.25, 0.3) is 0 Å². The SMILES string of the molecule is O=C(O)c1c(SC(F)C2COC2)ccc2c1OB(O)C1CC21. The first-order valence-electron chi connectivity index (χ1n) is 7.19. The summed E-state index contributed by atoms with van der Waals surface area (Å²) >= 11 is 0.882. The van der Waals surface area contributed by atoms with Gasteiger partial charge in [-0.2, -0.15) is 0 Å². The predicted octanol–water partition coefficient (Wildman–Crippen LogP) is 2.15. The molecule has 3 unspecified atom stereocenters. The number of rotatable bonds is 4. The fourth-order valence-electron chi connectivity index (χ4n) is 3.02. The lowest BCUT2D eigenvalue weighted by Gasteiger charge is -2.29. The highest BCUT2D eigenvalue weighted by Gasteiger charge is 2.54. The molecule has 8 heteroatoms. The molecule has 3 atom stereocenters. The minimum atomic E-state index is -1.22. The molecule has 4 rings (SSSR count). The van der Waals surface area contributed by atoms with Gasteiger partial charge in [0, 0.05) is 16.6 Å². The molecule has 2 N–H and O–H groups in total. The Kier molecular flexibility index (Phi) is 3.36. The summed E-state index contributed by atoms with van der Waals surface area (Å²) in [4.78, 5) is 12.0. The molecule has 3 aliphatic rings. The molecule has 0 radical (unpaired) electrons. The van der Waals surface area contributed by atoms with Crippen LogP contribution in [0.3, 0.4) is 0 Å². The number of halogens is 1. The van der Waals surface area contributed by atoms with Gasteiger partial charge in [-0.25, -0.2) is 9.18 Å². The summed E-state index contributed by atoms with van der Waals surface area (Å²) in [6.45, 7) is 0.723. The Bertz CT molecular complexity index is 638. The lowest BCUT2D eigenvalue weighted by atomic mass is 9.77. The minimum absolute atomic E-state index is 0.0465. The zero-order valence-corrected chi connectivity index (χ0v) is 12.4. The second-order valence-electron chi connectivity index (χ2n) is 5.94. The average Bonchev–Trinajstić information content (AvgIpc) is 3.16. The molecule has 2 heterocycles. The van der Waals surface area contributed by atoms with Gasteiger partial charge in [-0.05, 0) is 24.0 Å². The number of hydrogen-bond donors (Lipinski definition) is 2. The first-order chi connectivity index (χ1) is 10.6. The van der Waals surface area contributed by atoms with E-state index >= 15 is 0 Å². The number of carboxylic acids is 1. The van der Waals surface area contributed by atoms with Crippen LogP contribution in [-0.4, -0.2) is 41.9 Å². The van der Waals surface area contributed by atoms with Gasteiger partial charge in [0.1, 0.15) is 11.3 Å². The van der Waals surface area contributed by atoms with E-state index in [1.165, 1.54) is 0 Å². The largest absolute Gasteiger partial charge is 0.535 e. The third-order valence-corrected chi connectivity index (χ3v) is 5.69. The highest BCUT2D eigenvalue weighted by atomic mass is 32.2. The first-order valence-corrected chi connectivity index (χ1v) is 8.07. The van der Waals surface area contributed by atoms with Crippen LogP contribution in [-0.2, 0) is 4.74 Å². The lowest BCUT2D eigenvalue weighted by Crippen LogP contribution is -2.34. The Hall–Kier alpha value is -1.25. The van der Waals surface area contributed by atoms with E-state index < -0.39 is 18.6 Å². The van der Waals surface area contributed by atoms with Crippen molar-refractivity contribution in [3.05, 3.63) is 23.3 Å². The van der Waals surface area contributed by atoms with Crippen LogP contribution in [0, 0.1) is 5.92 Å². The van der Waals surface area contributed by atoms with E-state index in [-0.39, 0.29) is 29.0 Å². The monoisotopic (exact) mass is 324 g/mol. The summed E-state index contributed by atoms with van der Waals surface area (Å²) in [5.74, 6) is -0.976. The molecule has 0 aromatic heterocycles. The second kappa shape index (κ2) is 5.14. The fourth-order valence-corrected chi connectivity index (χ4v) is 4.06. The first kappa shape index (κ1) is 14.4. The molecule has 1 saturated heterocycles. The van der Waals surface area contributed by atoms with Gasteiger partial charge in [0.25, 0.3) is 0 Å². The van der Waals surface area contributed by atoms with Crippen molar-refractivity contribution in [3.63, 3.8) is 0 Å². The normalized spacial score (nSPS) is 27.3. The van der Waals surface area contributed by atoms with Crippen molar-refractivity contribution in [1.82, 2.24) is 0 Å². The van der Waals surface area contributed by atoms with Gasteiger partial charge in [0.15, 0.2) is 5.50 Å². The summed E-state index contributed by atoms with van der Waals surface area (Å²) in [6, 6.07) is 3.44. The van der Waals surface area contributed by atoms with Gasteiger partial charge >= 0.3 is 13.1 Å². The van der Waals surface area contributed by atoms with Crippen molar-refractivity contribution in [2.24, 2.45) is 5.92 Å². The molecule has 2 fully saturated rings. The van der Waals surface area contributed by atoms with Crippen LogP contribution in [0.2, 0.25) is 5.82 Å². The van der Waals surface area contributed by atoms with Crippen molar-refractivity contribution in [2.75, 3.05) is 13.2 Å². The molecule has 1 aromatic carbocycles. The average molecular weight is 324 g/mol. The molecule has 1 aromatic rings. The summed E-state index contributed by atoms with van der Waals surface area (Å²) in [5, 5.41) is 19.4. The van der Waals surface area contributed by atoms with Crippen LogP contribution in [0.1, 0.15) is 28.3 Å². The van der Waals surface area contributed by atoms with E-state index in [9.17, 15) is 19.3 Å². The molecule has 116 valence electrons. The molecule has 1 saturated carbocycles. The van der Waals surface area contributed by atoms with E-state index in [0.29, 0.717) is 18.1 Å². The number of hydrogen-bond acceptors (Lipinski definition) is 5. The smallest absolute Gasteiger partial charge is 0.526 e. The molecule has 0 amide bonds. The van der Waals surface area contributed by atoms with E-state index in [2.05, 4.69) is 0 Å². The van der Waals surface area contributed by atoms with Crippen molar-refractivity contribution in [2.45, 2.75) is 28.6 Å². The molecule has 0 spiro atoms. The van der Waals surface area contributed by atoms with Crippen molar-refractivity contribution in [3.8, 4) is 5.75 Å². The van der Waals surface area contributed by atoms with Gasteiger partial charge in [-0.1, -0.05) is 17.8 Å². The number of alkyl halides is 1. The van der Waals surface area contributed by atoms with Crippen LogP contribution in [0.5, 0.6) is 5.75 Å². The van der Waals surface area contributed by atoms with E-state index in [4.69, 9.17) is 9.39 Å². The summed E-state index contributed by atoms with van der Waals surface area (Å²) in [7, 11) is -0.975. The van der Waals surface area contributed by atoms with E-state index in [0.717, 1.165) is 23.7 Å². The molecule has 2 aliphatic heterocycles. The van der Waals surface area contributed by atoms with Gasteiger partial charge in [0.05, 0.1) is 13.2 Å².